The van der Waals surface area contributed by atoms with Crippen molar-refractivity contribution < 1.29 is 33.0 Å². The van der Waals surface area contributed by atoms with Crippen molar-refractivity contribution in [3.8, 4) is 23.0 Å². The number of furan rings is 1. The highest BCUT2D eigenvalue weighted by molar-refractivity contribution is 6.16. The second kappa shape index (κ2) is 8.78. The van der Waals surface area contributed by atoms with Gasteiger partial charge in [0.15, 0.2) is 28.5 Å². The van der Waals surface area contributed by atoms with Crippen molar-refractivity contribution in [2.75, 3.05) is 38.7 Å². The van der Waals surface area contributed by atoms with E-state index >= 15 is 0 Å². The minimum atomic E-state index is -1.38. The molecule has 33 heavy (non-hydrogen) atoms. The largest absolute Gasteiger partial charge is 0.493 e. The Morgan fingerprint density at radius 2 is 1.55 bits per heavy atom. The van der Waals surface area contributed by atoms with Crippen LogP contribution >= 0.6 is 0 Å². The lowest BCUT2D eigenvalue weighted by atomic mass is 9.79. The maximum absolute atomic E-state index is 13.7. The van der Waals surface area contributed by atoms with Crippen LogP contribution in [0.4, 0.5) is 11.4 Å². The maximum atomic E-state index is 13.7. The van der Waals surface area contributed by atoms with Crippen LogP contribution in [-0.4, -0.2) is 40.3 Å². The Morgan fingerprint density at radius 1 is 0.909 bits per heavy atom. The Hall–Kier alpha value is -4.14. The average molecular weight is 452 g/mol. The smallest absolute Gasteiger partial charge is 0.259 e. The third kappa shape index (κ3) is 3.61. The SMILES string of the molecule is COc1ccc(NC(=O)C2(c3ccco3)CC(=O)N2c2ccc(OC)c(OC)c2)cc1OC. The Morgan fingerprint density at radius 3 is 2.12 bits per heavy atom. The number of nitrogens with zero attached hydrogens (tertiary/aromatic N) is 1. The van der Waals surface area contributed by atoms with Crippen molar-refractivity contribution in [3.05, 3.63) is 60.6 Å². The van der Waals surface area contributed by atoms with E-state index < -0.39 is 11.4 Å². The van der Waals surface area contributed by atoms with E-state index in [4.69, 9.17) is 23.4 Å². The van der Waals surface area contributed by atoms with Gasteiger partial charge in [0.2, 0.25) is 5.91 Å². The van der Waals surface area contributed by atoms with E-state index in [9.17, 15) is 9.59 Å². The molecule has 172 valence electrons. The van der Waals surface area contributed by atoms with Crippen molar-refractivity contribution in [1.82, 2.24) is 0 Å². The Balaban J connectivity index is 1.75. The fourth-order valence-electron chi connectivity index (χ4n) is 3.98. The van der Waals surface area contributed by atoms with Crippen molar-refractivity contribution in [1.29, 1.82) is 0 Å². The molecule has 0 radical (unpaired) electrons. The molecule has 1 unspecified atom stereocenters. The van der Waals surface area contributed by atoms with Crippen LogP contribution in [0.5, 0.6) is 23.0 Å². The summed E-state index contributed by atoms with van der Waals surface area (Å²) in [5.74, 6) is 1.61. The number of nitrogens with one attached hydrogen (secondary N) is 1. The first-order valence-corrected chi connectivity index (χ1v) is 10.1. The first-order chi connectivity index (χ1) is 16.0. The number of β-lactam (4-membered cyclic amide) rings is 1. The van der Waals surface area contributed by atoms with Gasteiger partial charge in [-0.1, -0.05) is 0 Å². The van der Waals surface area contributed by atoms with Crippen molar-refractivity contribution in [2.45, 2.75) is 12.0 Å². The fraction of sp³-hybridized carbons (Fsp3) is 0.250. The molecule has 2 aromatic carbocycles. The number of hydrogen-bond acceptors (Lipinski definition) is 7. The summed E-state index contributed by atoms with van der Waals surface area (Å²) in [6.07, 6.45) is 1.41. The van der Waals surface area contributed by atoms with Crippen LogP contribution < -0.4 is 29.2 Å². The van der Waals surface area contributed by atoms with Gasteiger partial charge in [0, 0.05) is 23.5 Å². The van der Waals surface area contributed by atoms with Gasteiger partial charge in [-0.05, 0) is 36.4 Å². The van der Waals surface area contributed by atoms with Crippen LogP contribution in [0.2, 0.25) is 0 Å². The van der Waals surface area contributed by atoms with Crippen molar-refractivity contribution in [2.24, 2.45) is 0 Å². The zero-order valence-electron chi connectivity index (χ0n) is 18.7. The third-order valence-electron chi connectivity index (χ3n) is 5.61. The van der Waals surface area contributed by atoms with E-state index in [1.54, 1.807) is 48.5 Å². The van der Waals surface area contributed by atoms with Crippen molar-refractivity contribution >= 4 is 23.2 Å². The Bertz CT molecular complexity index is 1180. The van der Waals surface area contributed by atoms with Crippen LogP contribution in [0.15, 0.2) is 59.2 Å². The summed E-state index contributed by atoms with van der Waals surface area (Å²) in [6.45, 7) is 0. The molecule has 9 nitrogen and oxygen atoms in total. The summed E-state index contributed by atoms with van der Waals surface area (Å²) in [5.41, 5.74) is -0.425. The summed E-state index contributed by atoms with van der Waals surface area (Å²) >= 11 is 0. The molecule has 1 aliphatic rings. The number of methoxy groups -OCH3 is 4. The van der Waals surface area contributed by atoms with Gasteiger partial charge in [-0.2, -0.15) is 0 Å². The molecule has 1 fully saturated rings. The third-order valence-corrected chi connectivity index (χ3v) is 5.61. The fourth-order valence-corrected chi connectivity index (χ4v) is 3.98. The predicted octanol–water partition coefficient (Wildman–Crippen LogP) is 3.58. The Labute approximate surface area is 190 Å². The topological polar surface area (TPSA) is 99.5 Å². The van der Waals surface area contributed by atoms with Crippen LogP contribution in [0.25, 0.3) is 0 Å². The van der Waals surface area contributed by atoms with Crippen LogP contribution in [0, 0.1) is 0 Å². The van der Waals surface area contributed by atoms with Crippen molar-refractivity contribution in [3.63, 3.8) is 0 Å². The average Bonchev–Trinajstić information content (AvgIpc) is 3.36. The number of amides is 2. The molecule has 2 heterocycles. The highest BCUT2D eigenvalue weighted by atomic mass is 16.5. The molecule has 4 rings (SSSR count). The second-order valence-corrected chi connectivity index (χ2v) is 7.31. The molecule has 9 heteroatoms. The van der Waals surface area contributed by atoms with E-state index in [1.807, 2.05) is 0 Å². The zero-order chi connectivity index (χ0) is 23.6. The molecule has 1 aliphatic heterocycles. The summed E-state index contributed by atoms with van der Waals surface area (Å²) < 4.78 is 26.9. The highest BCUT2D eigenvalue weighted by Gasteiger charge is 2.60. The predicted molar refractivity (Wildman–Crippen MR) is 120 cm³/mol. The molecule has 2 amide bonds. The monoisotopic (exact) mass is 452 g/mol. The summed E-state index contributed by atoms with van der Waals surface area (Å²) in [6, 6.07) is 13.4. The normalized spacial score (nSPS) is 17.2. The second-order valence-electron chi connectivity index (χ2n) is 7.31. The van der Waals surface area contributed by atoms with Gasteiger partial charge in [-0.25, -0.2) is 0 Å². The Kier molecular flexibility index (Phi) is 5.87. The first-order valence-electron chi connectivity index (χ1n) is 10.1. The van der Waals surface area contributed by atoms with Crippen LogP contribution in [0.1, 0.15) is 12.2 Å². The van der Waals surface area contributed by atoms with E-state index in [0.717, 1.165) is 0 Å². The first kappa shape index (κ1) is 22.1. The molecule has 0 saturated carbocycles. The number of hydrogen-bond donors (Lipinski definition) is 1. The van der Waals surface area contributed by atoms with Gasteiger partial charge in [-0.15, -0.1) is 0 Å². The van der Waals surface area contributed by atoms with Gasteiger partial charge in [-0.3, -0.25) is 14.5 Å². The molecular weight excluding hydrogens is 428 g/mol. The molecule has 1 aromatic heterocycles. The zero-order valence-corrected chi connectivity index (χ0v) is 18.7. The van der Waals surface area contributed by atoms with E-state index in [1.165, 1.54) is 39.6 Å². The lowest BCUT2D eigenvalue weighted by Gasteiger charge is -2.49. The highest BCUT2D eigenvalue weighted by Crippen LogP contribution is 2.47. The van der Waals surface area contributed by atoms with Gasteiger partial charge in [0.25, 0.3) is 5.91 Å². The quantitative estimate of drug-likeness (QED) is 0.522. The number of rotatable bonds is 8. The van der Waals surface area contributed by atoms with E-state index in [-0.39, 0.29) is 12.3 Å². The molecule has 0 aliphatic carbocycles. The maximum Gasteiger partial charge on any atom is 0.259 e. The van der Waals surface area contributed by atoms with Gasteiger partial charge in [0.05, 0.1) is 41.1 Å². The van der Waals surface area contributed by atoms with Crippen LogP contribution in [0.3, 0.4) is 0 Å². The number of ether oxygens (including phenoxy) is 4. The number of carbonyl (C=O) groups excluding carboxylic acids is 2. The summed E-state index contributed by atoms with van der Waals surface area (Å²) in [5, 5.41) is 2.89. The minimum Gasteiger partial charge on any atom is -0.493 e. The molecule has 0 spiro atoms. The minimum absolute atomic E-state index is 0.0615. The molecule has 1 N–H and O–H groups in total. The summed E-state index contributed by atoms with van der Waals surface area (Å²) in [4.78, 5) is 27.9. The molecule has 0 bridgehead atoms. The molecule has 3 aromatic rings. The molecule has 1 saturated heterocycles. The lowest BCUT2D eigenvalue weighted by molar-refractivity contribution is -0.138. The molecular formula is C24H24N2O7. The molecule has 1 atom stereocenters. The number of carbonyl (C=O) groups is 2. The van der Waals surface area contributed by atoms with Gasteiger partial charge in [0.1, 0.15) is 5.76 Å². The van der Waals surface area contributed by atoms with Crippen LogP contribution in [-0.2, 0) is 15.1 Å². The van der Waals surface area contributed by atoms with Gasteiger partial charge >= 0.3 is 0 Å². The van der Waals surface area contributed by atoms with E-state index in [2.05, 4.69) is 5.32 Å². The standard InChI is InChI=1S/C24H24N2O7/c1-29-17-9-7-15(12-19(17)31-3)25-23(28)24(21-6-5-11-33-21)14-22(27)26(24)16-8-10-18(30-2)20(13-16)32-4/h5-13H,14H2,1-4H3,(H,25,28). The lowest BCUT2D eigenvalue weighted by Crippen LogP contribution is -2.67. The van der Waals surface area contributed by atoms with E-state index in [0.29, 0.717) is 40.1 Å². The summed E-state index contributed by atoms with van der Waals surface area (Å²) in [7, 11) is 6.07. The number of benzene rings is 2. The van der Waals surface area contributed by atoms with Gasteiger partial charge < -0.3 is 28.7 Å². The number of anilines is 2.